The summed E-state index contributed by atoms with van der Waals surface area (Å²) < 4.78 is 10.5. The second kappa shape index (κ2) is 7.35. The number of urea groups is 2. The molecule has 0 atom stereocenters. The van der Waals surface area contributed by atoms with Gasteiger partial charge in [0.2, 0.25) is 11.6 Å². The van der Waals surface area contributed by atoms with Crippen LogP contribution in [0.4, 0.5) is 21.0 Å². The average molecular weight is 414 g/mol. The van der Waals surface area contributed by atoms with Crippen molar-refractivity contribution < 1.29 is 28.7 Å². The SMILES string of the molecule is COc1ccc(N(N)C(N)=O)c2c1C(=O)c1c(N(N)C(N)=O)ccc(OC)c1C2=O. The van der Waals surface area contributed by atoms with E-state index in [0.717, 1.165) is 0 Å². The van der Waals surface area contributed by atoms with Crippen molar-refractivity contribution in [2.45, 2.75) is 0 Å². The van der Waals surface area contributed by atoms with Crippen LogP contribution in [-0.4, -0.2) is 37.8 Å². The van der Waals surface area contributed by atoms with Crippen molar-refractivity contribution in [2.24, 2.45) is 23.2 Å². The number of carbonyl (C=O) groups is 4. The minimum absolute atomic E-state index is 0.0343. The number of hydrogen-bond acceptors (Lipinski definition) is 8. The molecule has 30 heavy (non-hydrogen) atoms. The van der Waals surface area contributed by atoms with E-state index in [2.05, 4.69) is 0 Å². The molecule has 0 heterocycles. The smallest absolute Gasteiger partial charge is 0.333 e. The maximum absolute atomic E-state index is 13.5. The second-order valence-electron chi connectivity index (χ2n) is 6.15. The molecule has 0 spiro atoms. The third kappa shape index (κ3) is 2.87. The van der Waals surface area contributed by atoms with Gasteiger partial charge in [0.25, 0.3) is 0 Å². The molecule has 3 rings (SSSR count). The third-order valence-electron chi connectivity index (χ3n) is 4.63. The fraction of sp³-hybridized carbons (Fsp3) is 0.111. The molecule has 0 aliphatic heterocycles. The molecular weight excluding hydrogens is 396 g/mol. The van der Waals surface area contributed by atoms with E-state index in [4.69, 9.17) is 32.6 Å². The van der Waals surface area contributed by atoms with E-state index in [9.17, 15) is 19.2 Å². The van der Waals surface area contributed by atoms with Crippen LogP contribution < -0.4 is 42.6 Å². The van der Waals surface area contributed by atoms with Gasteiger partial charge in [-0.2, -0.15) is 0 Å². The first kappa shape index (κ1) is 20.6. The summed E-state index contributed by atoms with van der Waals surface area (Å²) in [7, 11) is 2.59. The van der Waals surface area contributed by atoms with E-state index >= 15 is 0 Å². The highest BCUT2D eigenvalue weighted by Crippen LogP contribution is 2.43. The van der Waals surface area contributed by atoms with Gasteiger partial charge >= 0.3 is 12.1 Å². The van der Waals surface area contributed by atoms with Crippen LogP contribution in [0, 0.1) is 0 Å². The van der Waals surface area contributed by atoms with E-state index < -0.39 is 23.6 Å². The molecule has 0 saturated heterocycles. The van der Waals surface area contributed by atoms with Crippen molar-refractivity contribution in [3.8, 4) is 11.5 Å². The van der Waals surface area contributed by atoms with Crippen LogP contribution in [0.5, 0.6) is 11.5 Å². The molecule has 1 aliphatic carbocycles. The van der Waals surface area contributed by atoms with Crippen molar-refractivity contribution in [3.63, 3.8) is 0 Å². The maximum Gasteiger partial charge on any atom is 0.333 e. The Bertz CT molecular complexity index is 1030. The van der Waals surface area contributed by atoms with Crippen LogP contribution in [0.25, 0.3) is 0 Å². The highest BCUT2D eigenvalue weighted by Gasteiger charge is 2.40. The molecular formula is C18H18N6O6. The Kier molecular flexibility index (Phi) is 5.04. The Labute approximate surface area is 169 Å². The molecule has 0 aromatic heterocycles. The fourth-order valence-corrected chi connectivity index (χ4v) is 3.28. The lowest BCUT2D eigenvalue weighted by molar-refractivity contribution is 0.0974. The lowest BCUT2D eigenvalue weighted by atomic mass is 9.81. The van der Waals surface area contributed by atoms with E-state index in [1.807, 2.05) is 0 Å². The predicted molar refractivity (Wildman–Crippen MR) is 105 cm³/mol. The molecule has 0 radical (unpaired) electrons. The monoisotopic (exact) mass is 414 g/mol. The first-order chi connectivity index (χ1) is 14.1. The van der Waals surface area contributed by atoms with Crippen molar-refractivity contribution in [1.82, 2.24) is 0 Å². The summed E-state index contributed by atoms with van der Waals surface area (Å²) in [5.74, 6) is 10.0. The molecule has 12 nitrogen and oxygen atoms in total. The van der Waals surface area contributed by atoms with Crippen molar-refractivity contribution >= 4 is 35.0 Å². The maximum atomic E-state index is 13.5. The third-order valence-corrected chi connectivity index (χ3v) is 4.63. The van der Waals surface area contributed by atoms with Gasteiger partial charge in [-0.05, 0) is 24.3 Å². The standard InChI is InChI=1S/C18H18N6O6/c1-29-9-5-3-7(23(21)17(19)27)11-13(9)15(25)12-8(24(22)18(20)28)4-6-10(30-2)14(12)16(11)26/h3-6H,21-22H2,1-2H3,(H2,19,27)(H2,20,28). The summed E-state index contributed by atoms with van der Waals surface area (Å²) in [6, 6.07) is 3.20. The normalized spacial score (nSPS) is 12.0. The van der Waals surface area contributed by atoms with Gasteiger partial charge in [0, 0.05) is 0 Å². The van der Waals surface area contributed by atoms with Crippen LogP contribution >= 0.6 is 0 Å². The Morgan fingerprint density at radius 1 is 0.700 bits per heavy atom. The summed E-state index contributed by atoms with van der Waals surface area (Å²) in [6.45, 7) is 0. The van der Waals surface area contributed by atoms with E-state index in [1.54, 1.807) is 0 Å². The van der Waals surface area contributed by atoms with Crippen molar-refractivity contribution in [2.75, 3.05) is 24.2 Å². The minimum atomic E-state index is -1.06. The Balaban J connectivity index is 2.43. The lowest BCUT2D eigenvalue weighted by Crippen LogP contribution is -2.44. The number of nitrogens with two attached hydrogens (primary N) is 4. The minimum Gasteiger partial charge on any atom is -0.496 e. The van der Waals surface area contributed by atoms with Crippen LogP contribution in [0.3, 0.4) is 0 Å². The van der Waals surface area contributed by atoms with Gasteiger partial charge in [0.15, 0.2) is 0 Å². The number of amides is 4. The average Bonchev–Trinajstić information content (AvgIpc) is 2.73. The number of nitrogens with zero attached hydrogens (tertiary/aromatic N) is 2. The van der Waals surface area contributed by atoms with Gasteiger partial charge < -0.3 is 20.9 Å². The molecule has 12 heteroatoms. The Morgan fingerprint density at radius 2 is 1.03 bits per heavy atom. The van der Waals surface area contributed by atoms with E-state index in [-0.39, 0.29) is 45.1 Å². The number of hydrogen-bond donors (Lipinski definition) is 4. The predicted octanol–water partition coefficient (Wildman–Crippen LogP) is -0.00320. The number of ether oxygens (including phenoxy) is 2. The molecule has 0 bridgehead atoms. The molecule has 0 saturated carbocycles. The molecule has 4 amide bonds. The summed E-state index contributed by atoms with van der Waals surface area (Å²) in [6.07, 6.45) is 0. The van der Waals surface area contributed by atoms with Crippen molar-refractivity contribution in [3.05, 3.63) is 46.5 Å². The number of primary amides is 2. The van der Waals surface area contributed by atoms with Gasteiger partial charge in [-0.25, -0.2) is 31.3 Å². The highest BCUT2D eigenvalue weighted by atomic mass is 16.5. The molecule has 8 N–H and O–H groups in total. The van der Waals surface area contributed by atoms with Crippen LogP contribution in [-0.2, 0) is 0 Å². The Morgan fingerprint density at radius 3 is 1.30 bits per heavy atom. The summed E-state index contributed by atoms with van der Waals surface area (Å²) in [4.78, 5) is 50.2. The van der Waals surface area contributed by atoms with E-state index in [0.29, 0.717) is 10.0 Å². The zero-order valence-electron chi connectivity index (χ0n) is 16.0. The summed E-state index contributed by atoms with van der Waals surface area (Å²) >= 11 is 0. The van der Waals surface area contributed by atoms with Gasteiger partial charge in [0.1, 0.15) is 11.5 Å². The lowest BCUT2D eigenvalue weighted by Gasteiger charge is -2.28. The largest absolute Gasteiger partial charge is 0.496 e. The number of fused-ring (bicyclic) bond motifs is 2. The number of ketones is 2. The van der Waals surface area contributed by atoms with Crippen LogP contribution in [0.1, 0.15) is 31.8 Å². The number of hydrazine groups is 2. The quantitative estimate of drug-likeness (QED) is 0.260. The topological polar surface area (TPSA) is 197 Å². The van der Waals surface area contributed by atoms with Crippen molar-refractivity contribution in [1.29, 1.82) is 0 Å². The van der Waals surface area contributed by atoms with Crippen LogP contribution in [0.15, 0.2) is 24.3 Å². The van der Waals surface area contributed by atoms with Gasteiger partial charge in [0.05, 0.1) is 47.8 Å². The molecule has 0 unspecified atom stereocenters. The molecule has 156 valence electrons. The van der Waals surface area contributed by atoms with Gasteiger partial charge in [-0.3, -0.25) is 9.59 Å². The highest BCUT2D eigenvalue weighted by molar-refractivity contribution is 6.34. The number of benzene rings is 2. The first-order valence-electron chi connectivity index (χ1n) is 8.35. The fourth-order valence-electron chi connectivity index (χ4n) is 3.28. The number of methoxy groups -OCH3 is 2. The molecule has 2 aromatic rings. The van der Waals surface area contributed by atoms with Gasteiger partial charge in [-0.1, -0.05) is 0 Å². The van der Waals surface area contributed by atoms with Gasteiger partial charge in [-0.15, -0.1) is 0 Å². The molecule has 2 aromatic carbocycles. The summed E-state index contributed by atoms with van der Waals surface area (Å²) in [5.41, 5.74) is 9.44. The molecule has 1 aliphatic rings. The zero-order chi connectivity index (χ0) is 22.3. The van der Waals surface area contributed by atoms with Crippen LogP contribution in [0.2, 0.25) is 0 Å². The second-order valence-corrected chi connectivity index (χ2v) is 6.15. The summed E-state index contributed by atoms with van der Waals surface area (Å²) in [5, 5.41) is 1.06. The van der Waals surface area contributed by atoms with E-state index in [1.165, 1.54) is 38.5 Å². The Hall–Kier alpha value is -4.16. The zero-order valence-corrected chi connectivity index (χ0v) is 16.0. The number of rotatable bonds is 4. The first-order valence-corrected chi connectivity index (χ1v) is 8.35. The molecule has 0 fully saturated rings. The number of anilines is 2. The number of carbonyl (C=O) groups excluding carboxylic acids is 4.